The third-order valence-corrected chi connectivity index (χ3v) is 7.15. The number of nitrogens with two attached hydrogens (primary N) is 1. The predicted octanol–water partition coefficient (Wildman–Crippen LogP) is 4.48. The van der Waals surface area contributed by atoms with Crippen molar-refractivity contribution in [3.05, 3.63) is 35.7 Å². The van der Waals surface area contributed by atoms with Gasteiger partial charge in [0.05, 0.1) is 23.3 Å². The summed E-state index contributed by atoms with van der Waals surface area (Å²) in [7, 11) is 0. The molecule has 0 radical (unpaired) electrons. The molecule has 3 aliphatic rings. The highest BCUT2D eigenvalue weighted by atomic mass is 35.5. The van der Waals surface area contributed by atoms with Crippen LogP contribution in [0.4, 0.5) is 0 Å². The summed E-state index contributed by atoms with van der Waals surface area (Å²) < 4.78 is 17.7. The van der Waals surface area contributed by atoms with Crippen LogP contribution in [0.3, 0.4) is 0 Å². The molecule has 4 N–H and O–H groups in total. The highest BCUT2D eigenvalue weighted by Gasteiger charge is 2.29. The second-order valence-electron chi connectivity index (χ2n) is 9.72. The summed E-state index contributed by atoms with van der Waals surface area (Å²) >= 11 is 0. The Hall–Kier alpha value is -2.97. The largest absolute Gasteiger partial charge is 0.493 e. The molecule has 3 heterocycles. The quantitative estimate of drug-likeness (QED) is 0.462. The summed E-state index contributed by atoms with van der Waals surface area (Å²) in [6, 6.07) is 6.15. The Morgan fingerprint density at radius 2 is 1.97 bits per heavy atom. The van der Waals surface area contributed by atoms with Gasteiger partial charge in [0.1, 0.15) is 11.3 Å². The maximum atomic E-state index is 13.3. The van der Waals surface area contributed by atoms with Gasteiger partial charge in [-0.15, -0.1) is 12.4 Å². The van der Waals surface area contributed by atoms with E-state index in [4.69, 9.17) is 19.9 Å². The van der Waals surface area contributed by atoms with Crippen molar-refractivity contribution in [1.82, 2.24) is 15.3 Å². The SMILES string of the molecule is Cc1[nH]c2c(-c3c(OCC4CC4)ccc4c3OCO4)ccnc2c1C(=O)N[C@H]1CC[C@@H](N)CC1.Cl. The zero-order valence-electron chi connectivity index (χ0n) is 19.8. The number of nitrogens with one attached hydrogen (secondary N) is 2. The van der Waals surface area contributed by atoms with E-state index in [1.807, 2.05) is 25.1 Å². The zero-order chi connectivity index (χ0) is 23.2. The van der Waals surface area contributed by atoms with E-state index in [-0.39, 0.29) is 37.2 Å². The van der Waals surface area contributed by atoms with Crippen LogP contribution in [0.2, 0.25) is 0 Å². The van der Waals surface area contributed by atoms with Crippen molar-refractivity contribution in [1.29, 1.82) is 0 Å². The number of ether oxygens (including phenoxy) is 3. The lowest BCUT2D eigenvalue weighted by atomic mass is 9.91. The van der Waals surface area contributed by atoms with Crippen molar-refractivity contribution in [2.24, 2.45) is 11.7 Å². The van der Waals surface area contributed by atoms with Crippen molar-refractivity contribution < 1.29 is 19.0 Å². The second-order valence-corrected chi connectivity index (χ2v) is 9.72. The van der Waals surface area contributed by atoms with Gasteiger partial charge < -0.3 is 30.2 Å². The molecule has 186 valence electrons. The molecule has 2 aliphatic carbocycles. The van der Waals surface area contributed by atoms with Crippen LogP contribution in [-0.4, -0.2) is 41.4 Å². The van der Waals surface area contributed by atoms with Crippen LogP contribution in [0.1, 0.15) is 54.6 Å². The number of carbonyl (C=O) groups is 1. The molecule has 9 heteroatoms. The van der Waals surface area contributed by atoms with Crippen LogP contribution in [0.25, 0.3) is 22.2 Å². The van der Waals surface area contributed by atoms with E-state index in [1.54, 1.807) is 6.20 Å². The molecule has 35 heavy (non-hydrogen) atoms. The lowest BCUT2D eigenvalue weighted by molar-refractivity contribution is 0.0927. The second kappa shape index (κ2) is 9.59. The molecule has 0 unspecified atom stereocenters. The van der Waals surface area contributed by atoms with E-state index in [0.29, 0.717) is 35.1 Å². The van der Waals surface area contributed by atoms with Crippen LogP contribution >= 0.6 is 12.4 Å². The molecule has 1 aliphatic heterocycles. The predicted molar refractivity (Wildman–Crippen MR) is 136 cm³/mol. The topological polar surface area (TPSA) is 111 Å². The molecule has 1 amide bonds. The van der Waals surface area contributed by atoms with Gasteiger partial charge in [0.25, 0.3) is 5.91 Å². The third kappa shape index (κ3) is 4.52. The Balaban J connectivity index is 0.00000253. The zero-order valence-corrected chi connectivity index (χ0v) is 20.6. The summed E-state index contributed by atoms with van der Waals surface area (Å²) in [6.45, 7) is 2.77. The van der Waals surface area contributed by atoms with Crippen molar-refractivity contribution in [3.63, 3.8) is 0 Å². The van der Waals surface area contributed by atoms with E-state index in [9.17, 15) is 4.79 Å². The lowest BCUT2D eigenvalue weighted by Crippen LogP contribution is -2.40. The van der Waals surface area contributed by atoms with Crippen LogP contribution < -0.4 is 25.3 Å². The first-order chi connectivity index (χ1) is 16.6. The number of amides is 1. The van der Waals surface area contributed by atoms with Crippen LogP contribution in [-0.2, 0) is 0 Å². The highest BCUT2D eigenvalue weighted by Crippen LogP contribution is 2.49. The van der Waals surface area contributed by atoms with E-state index >= 15 is 0 Å². The van der Waals surface area contributed by atoms with Gasteiger partial charge in [-0.05, 0) is 69.6 Å². The molecule has 0 bridgehead atoms. The maximum Gasteiger partial charge on any atom is 0.255 e. The van der Waals surface area contributed by atoms with Crippen molar-refractivity contribution >= 4 is 29.3 Å². The fourth-order valence-electron chi connectivity index (χ4n) is 5.03. The number of halogens is 1. The van der Waals surface area contributed by atoms with E-state index in [2.05, 4.69) is 15.3 Å². The number of carbonyl (C=O) groups excluding carboxylic acids is 1. The summed E-state index contributed by atoms with van der Waals surface area (Å²) in [5.41, 5.74) is 10.5. The summed E-state index contributed by atoms with van der Waals surface area (Å²) in [5.74, 6) is 2.62. The number of hydrogen-bond acceptors (Lipinski definition) is 6. The molecule has 2 saturated carbocycles. The fourth-order valence-corrected chi connectivity index (χ4v) is 5.03. The van der Waals surface area contributed by atoms with Gasteiger partial charge in [-0.3, -0.25) is 9.78 Å². The minimum atomic E-state index is -0.100. The molecule has 0 saturated heterocycles. The summed E-state index contributed by atoms with van der Waals surface area (Å²) in [5, 5.41) is 3.20. The van der Waals surface area contributed by atoms with E-state index in [0.717, 1.165) is 53.8 Å². The normalized spacial score (nSPS) is 21.0. The smallest absolute Gasteiger partial charge is 0.255 e. The number of H-pyrrole nitrogens is 1. The lowest BCUT2D eigenvalue weighted by Gasteiger charge is -2.26. The number of aromatic nitrogens is 2. The van der Waals surface area contributed by atoms with E-state index < -0.39 is 0 Å². The molecular weight excluding hydrogens is 468 g/mol. The first-order valence-corrected chi connectivity index (χ1v) is 12.2. The van der Waals surface area contributed by atoms with Crippen LogP contribution in [0.15, 0.2) is 24.4 Å². The van der Waals surface area contributed by atoms with Crippen LogP contribution in [0.5, 0.6) is 17.2 Å². The summed E-state index contributed by atoms with van der Waals surface area (Å²) in [6.07, 6.45) is 7.84. The Morgan fingerprint density at radius 1 is 1.17 bits per heavy atom. The Kier molecular flexibility index (Phi) is 6.51. The Labute approximate surface area is 210 Å². The van der Waals surface area contributed by atoms with Gasteiger partial charge in [0.15, 0.2) is 11.5 Å². The average molecular weight is 499 g/mol. The van der Waals surface area contributed by atoms with Gasteiger partial charge in [-0.25, -0.2) is 0 Å². The van der Waals surface area contributed by atoms with Gasteiger partial charge in [0, 0.05) is 29.5 Å². The number of pyridine rings is 1. The van der Waals surface area contributed by atoms with Crippen molar-refractivity contribution in [2.75, 3.05) is 13.4 Å². The minimum absolute atomic E-state index is 0. The van der Waals surface area contributed by atoms with Gasteiger partial charge in [-0.2, -0.15) is 0 Å². The summed E-state index contributed by atoms with van der Waals surface area (Å²) in [4.78, 5) is 21.3. The monoisotopic (exact) mass is 498 g/mol. The Bertz CT molecular complexity index is 1250. The molecule has 8 nitrogen and oxygen atoms in total. The number of hydrogen-bond donors (Lipinski definition) is 3. The molecule has 1 aromatic carbocycles. The number of aryl methyl sites for hydroxylation is 1. The van der Waals surface area contributed by atoms with E-state index in [1.165, 1.54) is 12.8 Å². The molecule has 0 spiro atoms. The number of nitrogens with zero attached hydrogens (tertiary/aromatic N) is 1. The fraction of sp³-hybridized carbons (Fsp3) is 0.462. The van der Waals surface area contributed by atoms with Crippen molar-refractivity contribution in [2.45, 2.75) is 57.5 Å². The number of aromatic amines is 1. The average Bonchev–Trinajstić information content (AvgIpc) is 3.42. The van der Waals surface area contributed by atoms with Gasteiger partial charge in [0.2, 0.25) is 6.79 Å². The standard InChI is InChI=1S/C26H30N4O4.ClH/c1-14-21(26(31)30-17-6-4-16(27)5-7-17)24-23(29-14)18(10-11-28-24)22-19(32-12-15-2-3-15)8-9-20-25(22)34-13-33-20;/h8-11,15-17,29H,2-7,12-13,27H2,1H3,(H,30,31);1H/t16-,17+;. The number of rotatable bonds is 6. The first-order valence-electron chi connectivity index (χ1n) is 12.2. The molecule has 6 rings (SSSR count). The minimum Gasteiger partial charge on any atom is -0.493 e. The molecular formula is C26H31ClN4O4. The Morgan fingerprint density at radius 3 is 2.74 bits per heavy atom. The molecule has 3 aromatic rings. The van der Waals surface area contributed by atoms with Crippen LogP contribution in [0, 0.1) is 12.8 Å². The molecule has 2 aromatic heterocycles. The number of benzene rings is 1. The highest BCUT2D eigenvalue weighted by molar-refractivity contribution is 6.10. The van der Waals surface area contributed by atoms with Gasteiger partial charge in [-0.1, -0.05) is 0 Å². The first kappa shape index (κ1) is 23.8. The third-order valence-electron chi connectivity index (χ3n) is 7.15. The van der Waals surface area contributed by atoms with Crippen molar-refractivity contribution in [3.8, 4) is 28.4 Å². The maximum absolute atomic E-state index is 13.3. The molecule has 0 atom stereocenters. The molecule has 2 fully saturated rings. The van der Waals surface area contributed by atoms with Gasteiger partial charge >= 0.3 is 0 Å². The number of fused-ring (bicyclic) bond motifs is 2.